The van der Waals surface area contributed by atoms with Gasteiger partial charge in [0.2, 0.25) is 0 Å². The molecule has 0 fully saturated rings. The van der Waals surface area contributed by atoms with Crippen LogP contribution in [0.1, 0.15) is 18.2 Å². The normalized spacial score (nSPS) is 10.6. The number of hydrogen-bond donors (Lipinski definition) is 1. The number of fused-ring (bicyclic) bond motifs is 1. The zero-order valence-electron chi connectivity index (χ0n) is 10.4. The molecule has 2 aromatic rings. The van der Waals surface area contributed by atoms with Gasteiger partial charge in [-0.25, -0.2) is 4.79 Å². The van der Waals surface area contributed by atoms with Crippen LogP contribution in [-0.2, 0) is 11.2 Å². The number of rotatable bonds is 4. The minimum atomic E-state index is -0.982. The zero-order valence-corrected chi connectivity index (χ0v) is 10.4. The van der Waals surface area contributed by atoms with Crippen LogP contribution in [0.4, 0.5) is 0 Å². The quantitative estimate of drug-likeness (QED) is 0.899. The predicted molar refractivity (Wildman–Crippen MR) is 69.0 cm³/mol. The molecule has 1 aromatic heterocycles. The molecule has 0 aliphatic heterocycles. The molecule has 0 radical (unpaired) electrons. The molecule has 1 N–H and O–H groups in total. The molecule has 0 atom stereocenters. The third-order valence-corrected chi connectivity index (χ3v) is 2.75. The monoisotopic (exact) mass is 245 g/mol. The van der Waals surface area contributed by atoms with Crippen LogP contribution in [0.15, 0.2) is 24.3 Å². The third kappa shape index (κ3) is 2.42. The largest absolute Gasteiger partial charge is 0.481 e. The van der Waals surface area contributed by atoms with Gasteiger partial charge in [-0.2, -0.15) is 0 Å². The maximum absolute atomic E-state index is 10.6. The number of carboxylic acids is 1. The smallest absolute Gasteiger partial charge is 0.341 e. The van der Waals surface area contributed by atoms with E-state index in [1.165, 1.54) is 0 Å². The number of hydrogen-bond acceptors (Lipinski definition) is 3. The lowest BCUT2D eigenvalue weighted by Crippen LogP contribution is -2.10. The molecule has 4 nitrogen and oxygen atoms in total. The maximum atomic E-state index is 10.6. The Morgan fingerprint density at radius 1 is 1.44 bits per heavy atom. The van der Waals surface area contributed by atoms with Gasteiger partial charge >= 0.3 is 5.97 Å². The standard InChI is InChI=1S/C14H15NO3/c1-3-10-5-4-6-11-12(18-8-13(16)17)7-9(2)15-14(10)11/h4-7H,3,8H2,1-2H3,(H,16,17). The second-order valence-corrected chi connectivity index (χ2v) is 4.11. The molecule has 94 valence electrons. The van der Waals surface area contributed by atoms with E-state index in [1.54, 1.807) is 6.07 Å². The summed E-state index contributed by atoms with van der Waals surface area (Å²) in [5.74, 6) is -0.403. The highest BCUT2D eigenvalue weighted by Crippen LogP contribution is 2.27. The summed E-state index contributed by atoms with van der Waals surface area (Å²) in [6.45, 7) is 3.60. The van der Waals surface area contributed by atoms with E-state index in [4.69, 9.17) is 9.84 Å². The highest BCUT2D eigenvalue weighted by molar-refractivity contribution is 5.88. The zero-order chi connectivity index (χ0) is 13.1. The van der Waals surface area contributed by atoms with Gasteiger partial charge in [-0.1, -0.05) is 19.1 Å². The molecule has 0 unspecified atom stereocenters. The van der Waals surface area contributed by atoms with E-state index in [0.29, 0.717) is 5.75 Å². The number of aliphatic carboxylic acids is 1. The van der Waals surface area contributed by atoms with Crippen LogP contribution in [-0.4, -0.2) is 22.7 Å². The fraction of sp³-hybridized carbons (Fsp3) is 0.286. The van der Waals surface area contributed by atoms with Crippen LogP contribution in [0.25, 0.3) is 10.9 Å². The lowest BCUT2D eigenvalue weighted by Gasteiger charge is -2.10. The first-order chi connectivity index (χ1) is 8.61. The van der Waals surface area contributed by atoms with Gasteiger partial charge < -0.3 is 9.84 Å². The highest BCUT2D eigenvalue weighted by Gasteiger charge is 2.09. The summed E-state index contributed by atoms with van der Waals surface area (Å²) < 4.78 is 5.32. The van der Waals surface area contributed by atoms with Gasteiger partial charge in [0.05, 0.1) is 5.52 Å². The predicted octanol–water partition coefficient (Wildman–Crippen LogP) is 2.57. The summed E-state index contributed by atoms with van der Waals surface area (Å²) in [7, 11) is 0. The Bertz CT molecular complexity index is 593. The molecule has 0 bridgehead atoms. The first-order valence-electron chi connectivity index (χ1n) is 5.85. The van der Waals surface area contributed by atoms with Crippen LogP contribution < -0.4 is 4.74 Å². The summed E-state index contributed by atoms with van der Waals surface area (Å²) in [6, 6.07) is 7.63. The lowest BCUT2D eigenvalue weighted by molar-refractivity contribution is -0.139. The number of ether oxygens (including phenoxy) is 1. The SMILES string of the molecule is CCc1cccc2c(OCC(=O)O)cc(C)nc12. The average Bonchev–Trinajstić information content (AvgIpc) is 2.35. The average molecular weight is 245 g/mol. The summed E-state index contributed by atoms with van der Waals surface area (Å²) in [5, 5.41) is 9.54. The molecular formula is C14H15NO3. The number of aromatic nitrogens is 1. The van der Waals surface area contributed by atoms with Crippen molar-refractivity contribution in [3.63, 3.8) is 0 Å². The Hall–Kier alpha value is -2.10. The number of aryl methyl sites for hydroxylation is 2. The molecule has 4 heteroatoms. The first-order valence-corrected chi connectivity index (χ1v) is 5.85. The van der Waals surface area contributed by atoms with Crippen molar-refractivity contribution in [1.82, 2.24) is 4.98 Å². The Kier molecular flexibility index (Phi) is 3.46. The van der Waals surface area contributed by atoms with Crippen molar-refractivity contribution in [2.24, 2.45) is 0 Å². The van der Waals surface area contributed by atoms with Crippen molar-refractivity contribution in [1.29, 1.82) is 0 Å². The van der Waals surface area contributed by atoms with Crippen molar-refractivity contribution < 1.29 is 14.6 Å². The van der Waals surface area contributed by atoms with Crippen LogP contribution >= 0.6 is 0 Å². The summed E-state index contributed by atoms with van der Waals surface area (Å²) >= 11 is 0. The second-order valence-electron chi connectivity index (χ2n) is 4.11. The van der Waals surface area contributed by atoms with Crippen molar-refractivity contribution in [2.45, 2.75) is 20.3 Å². The molecule has 0 saturated heterocycles. The summed E-state index contributed by atoms with van der Waals surface area (Å²) in [4.78, 5) is 15.1. The molecule has 0 saturated carbocycles. The van der Waals surface area contributed by atoms with Crippen molar-refractivity contribution in [3.05, 3.63) is 35.5 Å². The van der Waals surface area contributed by atoms with Gasteiger partial charge in [0, 0.05) is 17.1 Å². The molecule has 0 aliphatic carbocycles. The Morgan fingerprint density at radius 3 is 2.89 bits per heavy atom. The fourth-order valence-electron chi connectivity index (χ4n) is 1.94. The van der Waals surface area contributed by atoms with Crippen LogP contribution in [0.5, 0.6) is 5.75 Å². The second kappa shape index (κ2) is 5.04. The van der Waals surface area contributed by atoms with Gasteiger partial charge in [0.25, 0.3) is 0 Å². The topological polar surface area (TPSA) is 59.4 Å². The van der Waals surface area contributed by atoms with E-state index >= 15 is 0 Å². The van der Waals surface area contributed by atoms with E-state index in [1.807, 2.05) is 25.1 Å². The fourth-order valence-corrected chi connectivity index (χ4v) is 1.94. The molecule has 1 heterocycles. The van der Waals surface area contributed by atoms with Gasteiger partial charge in [0.15, 0.2) is 6.61 Å². The molecule has 0 aliphatic rings. The Morgan fingerprint density at radius 2 is 2.22 bits per heavy atom. The van der Waals surface area contributed by atoms with E-state index in [9.17, 15) is 4.79 Å². The van der Waals surface area contributed by atoms with Crippen molar-refractivity contribution >= 4 is 16.9 Å². The lowest BCUT2D eigenvalue weighted by atomic mass is 10.1. The molecule has 2 rings (SSSR count). The molecule has 0 amide bonds. The van der Waals surface area contributed by atoms with E-state index in [0.717, 1.165) is 28.6 Å². The number of nitrogens with zero attached hydrogens (tertiary/aromatic N) is 1. The highest BCUT2D eigenvalue weighted by atomic mass is 16.5. The minimum Gasteiger partial charge on any atom is -0.481 e. The number of pyridine rings is 1. The van der Waals surface area contributed by atoms with Crippen LogP contribution in [0, 0.1) is 6.92 Å². The van der Waals surface area contributed by atoms with Crippen LogP contribution in [0.2, 0.25) is 0 Å². The minimum absolute atomic E-state index is 0.338. The molecule has 1 aromatic carbocycles. The van der Waals surface area contributed by atoms with Crippen molar-refractivity contribution in [3.8, 4) is 5.75 Å². The summed E-state index contributed by atoms with van der Waals surface area (Å²) in [6.07, 6.45) is 0.881. The number of benzene rings is 1. The van der Waals surface area contributed by atoms with Crippen molar-refractivity contribution in [2.75, 3.05) is 6.61 Å². The Balaban J connectivity index is 2.55. The van der Waals surface area contributed by atoms with Gasteiger partial charge in [0.1, 0.15) is 5.75 Å². The number of carbonyl (C=O) groups is 1. The third-order valence-electron chi connectivity index (χ3n) is 2.75. The molecular weight excluding hydrogens is 230 g/mol. The number of para-hydroxylation sites is 1. The number of carboxylic acid groups (broad SMARTS) is 1. The Labute approximate surface area is 105 Å². The summed E-state index contributed by atoms with van der Waals surface area (Å²) in [5.41, 5.74) is 2.85. The van der Waals surface area contributed by atoms with E-state index in [-0.39, 0.29) is 6.61 Å². The maximum Gasteiger partial charge on any atom is 0.341 e. The van der Waals surface area contributed by atoms with Gasteiger partial charge in [-0.15, -0.1) is 0 Å². The van der Waals surface area contributed by atoms with E-state index < -0.39 is 5.97 Å². The van der Waals surface area contributed by atoms with E-state index in [2.05, 4.69) is 11.9 Å². The molecule has 18 heavy (non-hydrogen) atoms. The van der Waals surface area contributed by atoms with Gasteiger partial charge in [-0.05, 0) is 25.0 Å². The van der Waals surface area contributed by atoms with Crippen LogP contribution in [0.3, 0.4) is 0 Å². The van der Waals surface area contributed by atoms with Gasteiger partial charge in [-0.3, -0.25) is 4.98 Å². The molecule has 0 spiro atoms. The first kappa shape index (κ1) is 12.4.